The number of piperazine rings is 1. The van der Waals surface area contributed by atoms with Crippen LogP contribution in [-0.2, 0) is 16.0 Å². The van der Waals surface area contributed by atoms with Gasteiger partial charge in [-0.2, -0.15) is 4.98 Å². The molecule has 0 spiro atoms. The predicted octanol–water partition coefficient (Wildman–Crippen LogP) is 1.99. The minimum absolute atomic E-state index is 0.00717. The lowest BCUT2D eigenvalue weighted by molar-refractivity contribution is -0.144. The second kappa shape index (κ2) is 7.68. The monoisotopic (exact) mass is 356 g/mol. The van der Waals surface area contributed by atoms with Crippen LogP contribution in [0.1, 0.15) is 26.6 Å². The number of rotatable bonds is 4. The summed E-state index contributed by atoms with van der Waals surface area (Å²) in [7, 11) is 0. The first-order valence-electron chi connectivity index (χ1n) is 8.92. The summed E-state index contributed by atoms with van der Waals surface area (Å²) in [4.78, 5) is 32.7. The highest BCUT2D eigenvalue weighted by Gasteiger charge is 2.31. The van der Waals surface area contributed by atoms with E-state index in [0.29, 0.717) is 31.3 Å². The summed E-state index contributed by atoms with van der Waals surface area (Å²) in [5.41, 5.74) is 0.827. The van der Waals surface area contributed by atoms with E-state index >= 15 is 0 Å². The van der Waals surface area contributed by atoms with Crippen LogP contribution in [-0.4, -0.2) is 57.4 Å². The fraction of sp³-hybridized carbons (Fsp3) is 0.474. The first kappa shape index (κ1) is 18.1. The summed E-state index contributed by atoms with van der Waals surface area (Å²) in [5.74, 6) is 0.843. The highest BCUT2D eigenvalue weighted by Crippen LogP contribution is 2.17. The third kappa shape index (κ3) is 3.92. The predicted molar refractivity (Wildman–Crippen MR) is 96.0 cm³/mol. The largest absolute Gasteiger partial charge is 0.338 e. The molecule has 0 saturated carbocycles. The van der Waals surface area contributed by atoms with Crippen molar-refractivity contribution in [3.05, 3.63) is 36.2 Å². The lowest BCUT2D eigenvalue weighted by atomic mass is 10.1. The molecule has 7 heteroatoms. The van der Waals surface area contributed by atoms with Crippen molar-refractivity contribution >= 4 is 11.8 Å². The first-order chi connectivity index (χ1) is 12.5. The van der Waals surface area contributed by atoms with Crippen LogP contribution in [0.25, 0.3) is 11.5 Å². The summed E-state index contributed by atoms with van der Waals surface area (Å²) < 4.78 is 5.25. The summed E-state index contributed by atoms with van der Waals surface area (Å²) in [5, 5.41) is 3.91. The molecule has 0 radical (unpaired) electrons. The van der Waals surface area contributed by atoms with Gasteiger partial charge in [-0.15, -0.1) is 0 Å². The van der Waals surface area contributed by atoms with Gasteiger partial charge >= 0.3 is 0 Å². The molecule has 1 atom stereocenters. The number of hydrogen-bond donors (Lipinski definition) is 0. The Labute approximate surface area is 153 Å². The Balaban J connectivity index is 1.60. The standard InChI is InChI=1S/C19H24N4O3/c1-13(2)19(25)23-10-9-22(12-14(23)3)17(24)11-16-20-18(26-21-16)15-7-5-4-6-8-15/h4-8,13-14H,9-12H2,1-3H3. The Morgan fingerprint density at radius 2 is 1.96 bits per heavy atom. The molecule has 1 fully saturated rings. The number of amides is 2. The molecule has 2 heterocycles. The topological polar surface area (TPSA) is 79.5 Å². The van der Waals surface area contributed by atoms with E-state index in [2.05, 4.69) is 10.1 Å². The Kier molecular flexibility index (Phi) is 5.35. The van der Waals surface area contributed by atoms with Gasteiger partial charge in [0.05, 0.1) is 6.42 Å². The number of carbonyl (C=O) groups is 2. The van der Waals surface area contributed by atoms with E-state index in [9.17, 15) is 9.59 Å². The van der Waals surface area contributed by atoms with Crippen molar-refractivity contribution < 1.29 is 14.1 Å². The Morgan fingerprint density at radius 3 is 2.62 bits per heavy atom. The third-order valence-corrected chi connectivity index (χ3v) is 4.56. The van der Waals surface area contributed by atoms with Gasteiger partial charge in [-0.25, -0.2) is 0 Å². The lowest BCUT2D eigenvalue weighted by Gasteiger charge is -2.40. The van der Waals surface area contributed by atoms with E-state index in [-0.39, 0.29) is 30.2 Å². The van der Waals surface area contributed by atoms with Crippen LogP contribution in [0, 0.1) is 5.92 Å². The molecule has 1 saturated heterocycles. The fourth-order valence-corrected chi connectivity index (χ4v) is 3.11. The van der Waals surface area contributed by atoms with Gasteiger partial charge in [-0.1, -0.05) is 37.2 Å². The Hall–Kier alpha value is -2.70. The maximum atomic E-state index is 12.6. The number of aromatic nitrogens is 2. The zero-order chi connectivity index (χ0) is 18.7. The van der Waals surface area contributed by atoms with Crippen molar-refractivity contribution in [3.8, 4) is 11.5 Å². The first-order valence-corrected chi connectivity index (χ1v) is 8.92. The van der Waals surface area contributed by atoms with Crippen molar-refractivity contribution in [2.45, 2.75) is 33.2 Å². The molecule has 138 valence electrons. The zero-order valence-corrected chi connectivity index (χ0v) is 15.4. The fourth-order valence-electron chi connectivity index (χ4n) is 3.11. The average Bonchev–Trinajstić information content (AvgIpc) is 3.10. The van der Waals surface area contributed by atoms with Gasteiger partial charge in [0, 0.05) is 37.2 Å². The average molecular weight is 356 g/mol. The smallest absolute Gasteiger partial charge is 0.257 e. The molecule has 7 nitrogen and oxygen atoms in total. The second-order valence-corrected chi connectivity index (χ2v) is 6.93. The van der Waals surface area contributed by atoms with Crippen LogP contribution in [0.4, 0.5) is 0 Å². The highest BCUT2D eigenvalue weighted by molar-refractivity contribution is 5.80. The van der Waals surface area contributed by atoms with E-state index in [0.717, 1.165) is 5.56 Å². The number of hydrogen-bond acceptors (Lipinski definition) is 5. The van der Waals surface area contributed by atoms with E-state index < -0.39 is 0 Å². The molecular formula is C19H24N4O3. The molecule has 0 N–H and O–H groups in total. The van der Waals surface area contributed by atoms with Crippen LogP contribution < -0.4 is 0 Å². The molecule has 2 amide bonds. The van der Waals surface area contributed by atoms with E-state index in [1.807, 2.05) is 56.0 Å². The highest BCUT2D eigenvalue weighted by atomic mass is 16.5. The van der Waals surface area contributed by atoms with Gasteiger partial charge in [0.2, 0.25) is 11.8 Å². The molecular weight excluding hydrogens is 332 g/mol. The number of carbonyl (C=O) groups excluding carboxylic acids is 2. The van der Waals surface area contributed by atoms with Crippen molar-refractivity contribution in [2.24, 2.45) is 5.92 Å². The number of nitrogens with zero attached hydrogens (tertiary/aromatic N) is 4. The minimum atomic E-state index is -0.0473. The maximum absolute atomic E-state index is 12.6. The van der Waals surface area contributed by atoms with Gasteiger partial charge in [0.25, 0.3) is 5.89 Å². The molecule has 1 unspecified atom stereocenters. The van der Waals surface area contributed by atoms with E-state index in [4.69, 9.17) is 4.52 Å². The summed E-state index contributed by atoms with van der Waals surface area (Å²) >= 11 is 0. The van der Waals surface area contributed by atoms with Crippen molar-refractivity contribution in [2.75, 3.05) is 19.6 Å². The van der Waals surface area contributed by atoms with E-state index in [1.165, 1.54) is 0 Å². The van der Waals surface area contributed by atoms with Crippen molar-refractivity contribution in [3.63, 3.8) is 0 Å². The molecule has 0 bridgehead atoms. The third-order valence-electron chi connectivity index (χ3n) is 4.56. The quantitative estimate of drug-likeness (QED) is 0.837. The summed E-state index contributed by atoms with van der Waals surface area (Å²) in [6.45, 7) is 7.39. The van der Waals surface area contributed by atoms with Crippen LogP contribution >= 0.6 is 0 Å². The van der Waals surface area contributed by atoms with Gasteiger partial charge in [-0.05, 0) is 19.1 Å². The minimum Gasteiger partial charge on any atom is -0.338 e. The van der Waals surface area contributed by atoms with Crippen LogP contribution in [0.5, 0.6) is 0 Å². The SMILES string of the molecule is CC(C)C(=O)N1CCN(C(=O)Cc2noc(-c3ccccc3)n2)CC1C. The Bertz CT molecular complexity index is 772. The Morgan fingerprint density at radius 1 is 1.23 bits per heavy atom. The molecule has 1 aromatic carbocycles. The van der Waals surface area contributed by atoms with Gasteiger partial charge < -0.3 is 14.3 Å². The molecule has 1 aromatic heterocycles. The number of benzene rings is 1. The lowest BCUT2D eigenvalue weighted by Crippen LogP contribution is -2.56. The molecule has 0 aliphatic carbocycles. The summed E-state index contributed by atoms with van der Waals surface area (Å²) in [6, 6.07) is 9.47. The van der Waals surface area contributed by atoms with Crippen molar-refractivity contribution in [1.29, 1.82) is 0 Å². The van der Waals surface area contributed by atoms with Crippen LogP contribution in [0.3, 0.4) is 0 Å². The van der Waals surface area contributed by atoms with E-state index in [1.54, 1.807) is 4.90 Å². The van der Waals surface area contributed by atoms with Gasteiger partial charge in [-0.3, -0.25) is 9.59 Å². The molecule has 3 rings (SSSR count). The maximum Gasteiger partial charge on any atom is 0.257 e. The van der Waals surface area contributed by atoms with Crippen LogP contribution in [0.15, 0.2) is 34.9 Å². The normalized spacial score (nSPS) is 17.6. The second-order valence-electron chi connectivity index (χ2n) is 6.93. The van der Waals surface area contributed by atoms with Gasteiger partial charge in [0.1, 0.15) is 0 Å². The molecule has 26 heavy (non-hydrogen) atoms. The summed E-state index contributed by atoms with van der Waals surface area (Å²) in [6.07, 6.45) is 0.0984. The van der Waals surface area contributed by atoms with Crippen LogP contribution in [0.2, 0.25) is 0 Å². The zero-order valence-electron chi connectivity index (χ0n) is 15.4. The molecule has 2 aromatic rings. The molecule has 1 aliphatic rings. The molecule has 1 aliphatic heterocycles. The van der Waals surface area contributed by atoms with Crippen molar-refractivity contribution in [1.82, 2.24) is 19.9 Å². The van der Waals surface area contributed by atoms with Gasteiger partial charge in [0.15, 0.2) is 5.82 Å².